The van der Waals surface area contributed by atoms with E-state index < -0.39 is 6.04 Å². The first-order chi connectivity index (χ1) is 16.0. The Kier molecular flexibility index (Phi) is 5.08. The number of nitrogens with one attached hydrogen (secondary N) is 3. The summed E-state index contributed by atoms with van der Waals surface area (Å²) in [6.07, 6.45) is 1.46. The minimum absolute atomic E-state index is 0.220. The zero-order valence-corrected chi connectivity index (χ0v) is 17.8. The zero-order valence-electron chi connectivity index (χ0n) is 17.8. The van der Waals surface area contributed by atoms with E-state index in [4.69, 9.17) is 5.73 Å². The number of ketones is 1. The molecule has 5 aromatic rings. The molecule has 0 aliphatic carbocycles. The van der Waals surface area contributed by atoms with Gasteiger partial charge in [-0.15, -0.1) is 0 Å². The summed E-state index contributed by atoms with van der Waals surface area (Å²) in [6, 6.07) is 12.3. The van der Waals surface area contributed by atoms with Gasteiger partial charge in [0, 0.05) is 16.6 Å². The molecule has 5 rings (SSSR count). The number of hydrogen-bond acceptors (Lipinski definition) is 7. The van der Waals surface area contributed by atoms with Gasteiger partial charge in [-0.2, -0.15) is 5.10 Å². The highest BCUT2D eigenvalue weighted by atomic mass is 16.3. The number of carbonyl (C=O) groups excluding carboxylic acids is 1. The second-order valence-corrected chi connectivity index (χ2v) is 7.86. The van der Waals surface area contributed by atoms with Crippen LogP contribution < -0.4 is 11.1 Å². The molecule has 0 unspecified atom stereocenters. The zero-order chi connectivity index (χ0) is 23.1. The Morgan fingerprint density at radius 1 is 1.15 bits per heavy atom. The first-order valence-electron chi connectivity index (χ1n) is 10.4. The summed E-state index contributed by atoms with van der Waals surface area (Å²) in [5.74, 6) is 0.747. The van der Waals surface area contributed by atoms with Crippen molar-refractivity contribution in [3.8, 4) is 5.69 Å². The lowest BCUT2D eigenvalue weighted by Gasteiger charge is -2.15. The van der Waals surface area contributed by atoms with Gasteiger partial charge < -0.3 is 31.2 Å². The van der Waals surface area contributed by atoms with Crippen LogP contribution in [0.2, 0.25) is 0 Å². The highest BCUT2D eigenvalue weighted by Gasteiger charge is 2.21. The van der Waals surface area contributed by atoms with Crippen molar-refractivity contribution in [1.82, 2.24) is 24.7 Å². The van der Waals surface area contributed by atoms with Gasteiger partial charge in [-0.1, -0.05) is 6.07 Å². The lowest BCUT2D eigenvalue weighted by atomic mass is 10.1. The van der Waals surface area contributed by atoms with Gasteiger partial charge in [0.2, 0.25) is 5.78 Å². The number of benzene rings is 2. The summed E-state index contributed by atoms with van der Waals surface area (Å²) in [5, 5.41) is 26.9. The molecule has 3 aromatic heterocycles. The number of imidazole rings is 1. The van der Waals surface area contributed by atoms with Crippen molar-refractivity contribution < 1.29 is 15.0 Å². The highest BCUT2D eigenvalue weighted by molar-refractivity contribution is 6.13. The molecule has 0 saturated carbocycles. The van der Waals surface area contributed by atoms with Crippen molar-refractivity contribution in [3.05, 3.63) is 65.7 Å². The molecule has 0 aliphatic heterocycles. The van der Waals surface area contributed by atoms with E-state index in [9.17, 15) is 15.0 Å². The lowest BCUT2D eigenvalue weighted by molar-refractivity contribution is 0.103. The SMILES string of the molecule is Cc1nc2ccc(-n3ncc(C(=O)c4cc5c(NC(CO)CO)cccc5[nH]4)c3N)cc2[nH]1. The number of aromatic amines is 2. The van der Waals surface area contributed by atoms with Crippen molar-refractivity contribution in [2.45, 2.75) is 13.0 Å². The third-order valence-corrected chi connectivity index (χ3v) is 5.59. The van der Waals surface area contributed by atoms with E-state index in [-0.39, 0.29) is 30.4 Å². The maximum Gasteiger partial charge on any atom is 0.214 e. The second kappa shape index (κ2) is 8.08. The Bertz CT molecular complexity index is 1480. The van der Waals surface area contributed by atoms with Crippen molar-refractivity contribution in [2.24, 2.45) is 0 Å². The molecule has 0 aliphatic rings. The molecule has 0 radical (unpaired) electrons. The lowest BCUT2D eigenvalue weighted by Crippen LogP contribution is -2.27. The number of aliphatic hydroxyl groups excluding tert-OH is 2. The quantitative estimate of drug-likeness (QED) is 0.209. The van der Waals surface area contributed by atoms with Crippen molar-refractivity contribution >= 4 is 39.2 Å². The van der Waals surface area contributed by atoms with Crippen molar-refractivity contribution in [2.75, 3.05) is 24.3 Å². The Hall–Kier alpha value is -4.15. The van der Waals surface area contributed by atoms with Gasteiger partial charge in [0.1, 0.15) is 11.6 Å². The Balaban J connectivity index is 1.49. The molecule has 0 amide bonds. The fraction of sp³-hybridized carbons (Fsp3) is 0.174. The number of rotatable bonds is 7. The average Bonchev–Trinajstić information content (AvgIpc) is 3.52. The molecule has 0 saturated heterocycles. The molecule has 3 heterocycles. The molecular formula is C23H23N7O3. The summed E-state index contributed by atoms with van der Waals surface area (Å²) in [5.41, 5.74) is 10.8. The van der Waals surface area contributed by atoms with Gasteiger partial charge in [-0.05, 0) is 43.3 Å². The number of nitrogens with two attached hydrogens (primary N) is 1. The number of fused-ring (bicyclic) bond motifs is 2. The fourth-order valence-corrected chi connectivity index (χ4v) is 3.91. The van der Waals surface area contributed by atoms with E-state index in [1.165, 1.54) is 10.9 Å². The van der Waals surface area contributed by atoms with Crippen LogP contribution in [0, 0.1) is 6.92 Å². The van der Waals surface area contributed by atoms with E-state index in [0.717, 1.165) is 27.8 Å². The summed E-state index contributed by atoms with van der Waals surface area (Å²) in [6.45, 7) is 1.44. The predicted octanol–water partition coefficient (Wildman–Crippen LogP) is 2.12. The summed E-state index contributed by atoms with van der Waals surface area (Å²) in [7, 11) is 0. The van der Waals surface area contributed by atoms with E-state index in [0.29, 0.717) is 17.1 Å². The molecule has 10 nitrogen and oxygen atoms in total. The Morgan fingerprint density at radius 2 is 1.97 bits per heavy atom. The number of aromatic nitrogens is 5. The summed E-state index contributed by atoms with van der Waals surface area (Å²) < 4.78 is 1.52. The molecule has 168 valence electrons. The van der Waals surface area contributed by atoms with Gasteiger partial charge in [-0.25, -0.2) is 9.67 Å². The first-order valence-corrected chi connectivity index (χ1v) is 10.4. The standard InChI is InChI=1S/C23H23N7O3/c1-12-26-19-6-5-14(7-20(19)27-12)30-23(24)16(9-25-30)22(33)21-8-15-17(28-13(10-31)11-32)3-2-4-18(15)29-21/h2-9,13,28-29,31-32H,10-11,24H2,1H3,(H,26,27). The minimum Gasteiger partial charge on any atom is -0.394 e. The number of H-pyrrole nitrogens is 2. The van der Waals surface area contributed by atoms with Crippen molar-refractivity contribution in [3.63, 3.8) is 0 Å². The van der Waals surface area contributed by atoms with Gasteiger partial charge in [0.05, 0.1) is 53.4 Å². The topological polar surface area (TPSA) is 158 Å². The molecule has 2 aromatic carbocycles. The first kappa shape index (κ1) is 20.7. The highest BCUT2D eigenvalue weighted by Crippen LogP contribution is 2.28. The number of hydrogen-bond donors (Lipinski definition) is 6. The summed E-state index contributed by atoms with van der Waals surface area (Å²) >= 11 is 0. The molecule has 33 heavy (non-hydrogen) atoms. The van der Waals surface area contributed by atoms with Crippen LogP contribution in [0.5, 0.6) is 0 Å². The van der Waals surface area contributed by atoms with E-state index in [2.05, 4.69) is 25.4 Å². The second-order valence-electron chi connectivity index (χ2n) is 7.86. The van der Waals surface area contributed by atoms with Gasteiger partial charge in [-0.3, -0.25) is 4.79 Å². The monoisotopic (exact) mass is 445 g/mol. The van der Waals surface area contributed by atoms with E-state index in [1.807, 2.05) is 43.3 Å². The van der Waals surface area contributed by atoms with Crippen molar-refractivity contribution in [1.29, 1.82) is 0 Å². The number of nitrogen functional groups attached to an aromatic ring is 1. The van der Waals surface area contributed by atoms with Gasteiger partial charge in [0.25, 0.3) is 0 Å². The number of anilines is 2. The fourth-order valence-electron chi connectivity index (χ4n) is 3.91. The van der Waals surface area contributed by atoms with Crippen LogP contribution in [0.25, 0.3) is 27.6 Å². The Labute approximate surface area is 188 Å². The third-order valence-electron chi connectivity index (χ3n) is 5.59. The molecule has 0 bridgehead atoms. The van der Waals surface area contributed by atoms with Crippen LogP contribution >= 0.6 is 0 Å². The number of carbonyl (C=O) groups is 1. The van der Waals surface area contributed by atoms with Gasteiger partial charge >= 0.3 is 0 Å². The van der Waals surface area contributed by atoms with Crippen LogP contribution in [0.4, 0.5) is 11.5 Å². The molecule has 7 N–H and O–H groups in total. The molecular weight excluding hydrogens is 422 g/mol. The van der Waals surface area contributed by atoms with Crippen LogP contribution in [0.15, 0.2) is 48.7 Å². The molecule has 0 fully saturated rings. The van der Waals surface area contributed by atoms with Crippen LogP contribution in [-0.4, -0.2) is 60.0 Å². The smallest absolute Gasteiger partial charge is 0.214 e. The van der Waals surface area contributed by atoms with Crippen LogP contribution in [0.1, 0.15) is 21.9 Å². The minimum atomic E-state index is -0.505. The van der Waals surface area contributed by atoms with Crippen LogP contribution in [0.3, 0.4) is 0 Å². The normalized spacial score (nSPS) is 11.6. The number of aliphatic hydroxyl groups is 2. The molecule has 0 atom stereocenters. The maximum atomic E-state index is 13.3. The third kappa shape index (κ3) is 3.60. The molecule has 10 heteroatoms. The van der Waals surface area contributed by atoms with E-state index in [1.54, 1.807) is 6.07 Å². The number of aryl methyl sites for hydroxylation is 1. The number of nitrogens with zero attached hydrogens (tertiary/aromatic N) is 3. The average molecular weight is 445 g/mol. The maximum absolute atomic E-state index is 13.3. The largest absolute Gasteiger partial charge is 0.394 e. The van der Waals surface area contributed by atoms with Crippen LogP contribution in [-0.2, 0) is 0 Å². The Morgan fingerprint density at radius 3 is 2.76 bits per heavy atom. The predicted molar refractivity (Wildman–Crippen MR) is 126 cm³/mol. The van der Waals surface area contributed by atoms with Gasteiger partial charge in [0.15, 0.2) is 0 Å². The van der Waals surface area contributed by atoms with E-state index >= 15 is 0 Å². The summed E-state index contributed by atoms with van der Waals surface area (Å²) in [4.78, 5) is 24.0. The molecule has 0 spiro atoms.